The zero-order valence-electron chi connectivity index (χ0n) is 10.1. The van der Waals surface area contributed by atoms with Gasteiger partial charge >= 0.3 is 11.9 Å². The van der Waals surface area contributed by atoms with Crippen LogP contribution in [0.2, 0.25) is 0 Å². The summed E-state index contributed by atoms with van der Waals surface area (Å²) < 4.78 is 4.50. The maximum Gasteiger partial charge on any atom is 0.343 e. The van der Waals surface area contributed by atoms with Crippen molar-refractivity contribution in [3.8, 4) is 0 Å². The minimum atomic E-state index is -1.10. The molecule has 0 radical (unpaired) electrons. The van der Waals surface area contributed by atoms with E-state index in [1.807, 2.05) is 0 Å². The number of hydrogen-bond donors (Lipinski definition) is 2. The predicted octanol–water partition coefficient (Wildman–Crippen LogP) is 0.712. The van der Waals surface area contributed by atoms with E-state index in [1.54, 1.807) is 6.92 Å². The van der Waals surface area contributed by atoms with Crippen molar-refractivity contribution in [1.82, 2.24) is 0 Å². The molecule has 0 amide bonds. The minimum Gasteiger partial charge on any atom is -0.396 e. The van der Waals surface area contributed by atoms with E-state index in [4.69, 9.17) is 5.11 Å². The molecule has 0 spiro atoms. The molecule has 5 nitrogen and oxygen atoms in total. The van der Waals surface area contributed by atoms with Gasteiger partial charge in [-0.2, -0.15) is 0 Å². The molecule has 0 aromatic rings. The summed E-state index contributed by atoms with van der Waals surface area (Å²) in [6.45, 7) is 6.44. The van der Waals surface area contributed by atoms with Crippen LogP contribution >= 0.6 is 0 Å². The van der Waals surface area contributed by atoms with Crippen LogP contribution in [-0.2, 0) is 14.3 Å². The van der Waals surface area contributed by atoms with E-state index in [9.17, 15) is 14.7 Å². The monoisotopic (exact) mass is 242 g/mol. The van der Waals surface area contributed by atoms with Crippen molar-refractivity contribution in [3.63, 3.8) is 0 Å². The summed E-state index contributed by atoms with van der Waals surface area (Å²) in [6.07, 6.45) is 0.949. The molecule has 0 aliphatic heterocycles. The quantitative estimate of drug-likeness (QED) is 0.407. The van der Waals surface area contributed by atoms with Crippen LogP contribution in [0.1, 0.15) is 26.7 Å². The van der Waals surface area contributed by atoms with E-state index in [1.165, 1.54) is 13.0 Å². The van der Waals surface area contributed by atoms with Crippen LogP contribution in [-0.4, -0.2) is 34.9 Å². The highest BCUT2D eigenvalue weighted by Gasteiger charge is 2.20. The summed E-state index contributed by atoms with van der Waals surface area (Å²) in [6, 6.07) is 0. The van der Waals surface area contributed by atoms with E-state index < -0.39 is 18.0 Å². The topological polar surface area (TPSA) is 83.8 Å². The van der Waals surface area contributed by atoms with Gasteiger partial charge in [-0.05, 0) is 26.7 Å². The Bertz CT molecular complexity index is 330. The van der Waals surface area contributed by atoms with Crippen molar-refractivity contribution < 1.29 is 24.5 Å². The predicted molar refractivity (Wildman–Crippen MR) is 62.0 cm³/mol. The molecule has 0 heterocycles. The van der Waals surface area contributed by atoms with Crippen molar-refractivity contribution >= 4 is 11.9 Å². The molecule has 17 heavy (non-hydrogen) atoms. The standard InChI is InChI=1S/C12H18O5/c1-4-8(2)11(15)17-12(16)9(3)10(14)6-5-7-13/h4,10,13-14H,3,5-7H2,1-2H3. The van der Waals surface area contributed by atoms with Gasteiger partial charge in [0, 0.05) is 12.2 Å². The summed E-state index contributed by atoms with van der Waals surface area (Å²) in [5, 5.41) is 18.1. The molecule has 5 heteroatoms. The van der Waals surface area contributed by atoms with E-state index in [-0.39, 0.29) is 18.6 Å². The van der Waals surface area contributed by atoms with Gasteiger partial charge in [-0.3, -0.25) is 0 Å². The van der Waals surface area contributed by atoms with Crippen LogP contribution in [0.4, 0.5) is 0 Å². The van der Waals surface area contributed by atoms with Gasteiger partial charge in [-0.15, -0.1) is 0 Å². The third-order valence-corrected chi connectivity index (χ3v) is 2.24. The van der Waals surface area contributed by atoms with Crippen molar-refractivity contribution in [2.24, 2.45) is 0 Å². The lowest BCUT2D eigenvalue weighted by Gasteiger charge is -2.11. The van der Waals surface area contributed by atoms with Gasteiger partial charge in [-0.1, -0.05) is 12.7 Å². The van der Waals surface area contributed by atoms with Gasteiger partial charge in [0.25, 0.3) is 0 Å². The fourth-order valence-electron chi connectivity index (χ4n) is 0.943. The first kappa shape index (κ1) is 15.5. The van der Waals surface area contributed by atoms with Crippen molar-refractivity contribution in [1.29, 1.82) is 0 Å². The van der Waals surface area contributed by atoms with Crippen LogP contribution in [0.3, 0.4) is 0 Å². The summed E-state index contributed by atoms with van der Waals surface area (Å²) in [7, 11) is 0. The second-order valence-corrected chi connectivity index (χ2v) is 3.56. The van der Waals surface area contributed by atoms with Gasteiger partial charge in [-0.25, -0.2) is 9.59 Å². The number of rotatable bonds is 6. The molecule has 1 atom stereocenters. The van der Waals surface area contributed by atoms with E-state index in [0.29, 0.717) is 12.0 Å². The molecular formula is C12H18O5. The molecule has 0 saturated heterocycles. The lowest BCUT2D eigenvalue weighted by Crippen LogP contribution is -2.22. The molecule has 0 rings (SSSR count). The number of carbonyl (C=O) groups is 2. The Kier molecular flexibility index (Phi) is 7.09. The Morgan fingerprint density at radius 2 is 2.00 bits per heavy atom. The number of ether oxygens (including phenoxy) is 1. The summed E-state index contributed by atoms with van der Waals surface area (Å²) in [5.74, 6) is -1.70. The highest BCUT2D eigenvalue weighted by molar-refractivity contribution is 6.01. The van der Waals surface area contributed by atoms with Crippen molar-refractivity contribution in [2.45, 2.75) is 32.8 Å². The summed E-state index contributed by atoms with van der Waals surface area (Å²) in [4.78, 5) is 22.6. The molecule has 0 aromatic carbocycles. The van der Waals surface area contributed by atoms with Crippen molar-refractivity contribution in [3.05, 3.63) is 23.8 Å². The van der Waals surface area contributed by atoms with Crippen LogP contribution in [0.15, 0.2) is 23.8 Å². The average Bonchev–Trinajstić information content (AvgIpc) is 2.33. The molecule has 0 saturated carbocycles. The van der Waals surface area contributed by atoms with Gasteiger partial charge in [0.1, 0.15) is 0 Å². The first-order valence-corrected chi connectivity index (χ1v) is 5.31. The largest absolute Gasteiger partial charge is 0.396 e. The molecule has 0 aliphatic carbocycles. The molecular weight excluding hydrogens is 224 g/mol. The van der Waals surface area contributed by atoms with Crippen LogP contribution < -0.4 is 0 Å². The van der Waals surface area contributed by atoms with Gasteiger partial charge in [0.2, 0.25) is 0 Å². The Morgan fingerprint density at radius 1 is 1.41 bits per heavy atom. The maximum absolute atomic E-state index is 11.4. The molecule has 96 valence electrons. The second kappa shape index (κ2) is 7.76. The minimum absolute atomic E-state index is 0.0873. The highest BCUT2D eigenvalue weighted by Crippen LogP contribution is 2.09. The highest BCUT2D eigenvalue weighted by atomic mass is 16.6. The second-order valence-electron chi connectivity index (χ2n) is 3.56. The van der Waals surface area contributed by atoms with Crippen LogP contribution in [0, 0.1) is 0 Å². The summed E-state index contributed by atoms with van der Waals surface area (Å²) in [5.41, 5.74) is 0.117. The Hall–Kier alpha value is -1.46. The molecule has 0 aliphatic rings. The maximum atomic E-state index is 11.4. The molecule has 0 aromatic heterocycles. The van der Waals surface area contributed by atoms with Crippen molar-refractivity contribution in [2.75, 3.05) is 6.61 Å². The lowest BCUT2D eigenvalue weighted by molar-refractivity contribution is -0.154. The fraction of sp³-hybridized carbons (Fsp3) is 0.500. The van der Waals surface area contributed by atoms with Gasteiger partial charge in [0.15, 0.2) is 0 Å². The molecule has 0 fully saturated rings. The number of esters is 2. The van der Waals surface area contributed by atoms with Crippen LogP contribution in [0.25, 0.3) is 0 Å². The normalized spacial score (nSPS) is 13.1. The molecule has 0 bridgehead atoms. The number of hydrogen-bond acceptors (Lipinski definition) is 5. The third-order valence-electron chi connectivity index (χ3n) is 2.24. The van der Waals surface area contributed by atoms with E-state index in [2.05, 4.69) is 11.3 Å². The van der Waals surface area contributed by atoms with Gasteiger partial charge in [0.05, 0.1) is 11.7 Å². The third kappa shape index (κ3) is 5.42. The smallest absolute Gasteiger partial charge is 0.343 e. The van der Waals surface area contributed by atoms with E-state index in [0.717, 1.165) is 0 Å². The fourth-order valence-corrected chi connectivity index (χ4v) is 0.943. The van der Waals surface area contributed by atoms with Gasteiger partial charge < -0.3 is 14.9 Å². The first-order valence-electron chi connectivity index (χ1n) is 5.31. The zero-order chi connectivity index (χ0) is 13.4. The summed E-state index contributed by atoms with van der Waals surface area (Å²) >= 11 is 0. The zero-order valence-corrected chi connectivity index (χ0v) is 10.1. The van der Waals surface area contributed by atoms with Crippen LogP contribution in [0.5, 0.6) is 0 Å². The Morgan fingerprint density at radius 3 is 2.47 bits per heavy atom. The SMILES string of the molecule is C=C(C(=O)OC(=O)C(C)=CC)C(O)CCCO. The number of allylic oxidation sites excluding steroid dienone is 1. The van der Waals surface area contributed by atoms with E-state index >= 15 is 0 Å². The molecule has 2 N–H and O–H groups in total. The average molecular weight is 242 g/mol. The number of aliphatic hydroxyl groups excluding tert-OH is 2. The number of carbonyl (C=O) groups excluding carboxylic acids is 2. The Balaban J connectivity index is 4.32. The first-order chi connectivity index (χ1) is 7.93. The number of aliphatic hydroxyl groups is 2. The Labute approximate surface area is 100 Å². The lowest BCUT2D eigenvalue weighted by atomic mass is 10.1. The molecule has 1 unspecified atom stereocenters.